The molecule has 6 nitrogen and oxygen atoms in total. The molecule has 0 unspecified atom stereocenters. The Bertz CT molecular complexity index is 1030. The van der Waals surface area contributed by atoms with Crippen molar-refractivity contribution in [3.05, 3.63) is 47.7 Å². The Morgan fingerprint density at radius 2 is 2.03 bits per heavy atom. The van der Waals surface area contributed by atoms with Crippen LogP contribution in [0.3, 0.4) is 0 Å². The molecule has 1 amide bonds. The summed E-state index contributed by atoms with van der Waals surface area (Å²) in [6.45, 7) is 3.49. The fourth-order valence-corrected chi connectivity index (χ4v) is 6.25. The summed E-state index contributed by atoms with van der Waals surface area (Å²) >= 11 is 0. The minimum absolute atomic E-state index is 0.0912. The molecule has 3 aliphatic carbocycles. The Morgan fingerprint density at radius 1 is 1.19 bits per heavy atom. The Morgan fingerprint density at radius 3 is 2.77 bits per heavy atom. The number of hydroxylamine groups is 1. The first kappa shape index (κ1) is 20.2. The first-order valence-electron chi connectivity index (χ1n) is 11.2. The summed E-state index contributed by atoms with van der Waals surface area (Å²) in [6.07, 6.45) is 7.47. The number of hydrogen-bond donors (Lipinski definition) is 1. The van der Waals surface area contributed by atoms with Gasteiger partial charge in [-0.3, -0.25) is 14.8 Å². The number of Topliss-reactive ketones (excluding diaryl/α,β-unsaturated/α-hetero) is 1. The van der Waals surface area contributed by atoms with Crippen molar-refractivity contribution in [2.45, 2.75) is 58.3 Å². The summed E-state index contributed by atoms with van der Waals surface area (Å²) in [4.78, 5) is 28.0. The normalized spacial score (nSPS) is 29.0. The van der Waals surface area contributed by atoms with Crippen molar-refractivity contribution in [2.24, 2.45) is 17.3 Å². The van der Waals surface area contributed by atoms with Gasteiger partial charge in [0.25, 0.3) is 0 Å². The Labute approximate surface area is 182 Å². The number of ether oxygens (including phenoxy) is 1. The highest BCUT2D eigenvalue weighted by molar-refractivity contribution is 5.88. The summed E-state index contributed by atoms with van der Waals surface area (Å²) in [7, 11) is 0. The second-order valence-corrected chi connectivity index (χ2v) is 9.48. The molecule has 1 heterocycles. The predicted molar refractivity (Wildman–Crippen MR) is 115 cm³/mol. The van der Waals surface area contributed by atoms with Crippen LogP contribution < -0.4 is 9.80 Å². The number of rotatable bonds is 3. The highest BCUT2D eigenvalue weighted by Gasteiger charge is 2.54. The van der Waals surface area contributed by atoms with Gasteiger partial charge in [0.2, 0.25) is 11.8 Å². The van der Waals surface area contributed by atoms with E-state index in [9.17, 15) is 14.8 Å². The largest absolute Gasteiger partial charge is 0.439 e. The summed E-state index contributed by atoms with van der Waals surface area (Å²) in [5.74, 6) is 2.84. The van der Waals surface area contributed by atoms with Crippen LogP contribution in [0.5, 0.6) is 11.6 Å². The lowest BCUT2D eigenvalue weighted by molar-refractivity contribution is -0.129. The molecule has 5 rings (SSSR count). The Balaban J connectivity index is 1.33. The van der Waals surface area contributed by atoms with E-state index in [-0.39, 0.29) is 5.41 Å². The molecule has 1 N–H and O–H groups in total. The number of fused-ring (bicyclic) bond motifs is 5. The summed E-state index contributed by atoms with van der Waals surface area (Å²) in [5.41, 5.74) is 2.96. The number of carbonyl (C=O) groups is 2. The van der Waals surface area contributed by atoms with E-state index in [2.05, 4.69) is 24.0 Å². The zero-order valence-corrected chi connectivity index (χ0v) is 18.0. The molecule has 162 valence electrons. The fraction of sp³-hybridized carbons (Fsp3) is 0.480. The third-order valence-corrected chi connectivity index (χ3v) is 7.89. The second-order valence-electron chi connectivity index (χ2n) is 9.48. The van der Waals surface area contributed by atoms with Crippen LogP contribution in [0.1, 0.15) is 63.0 Å². The lowest BCUT2D eigenvalue weighted by Crippen LogP contribution is -2.42. The van der Waals surface area contributed by atoms with Gasteiger partial charge in [-0.25, -0.2) is 4.98 Å². The molecule has 2 fully saturated rings. The average Bonchev–Trinajstić information content (AvgIpc) is 3.08. The monoisotopic (exact) mass is 420 g/mol. The third-order valence-electron chi connectivity index (χ3n) is 7.89. The number of aryl methyl sites for hydroxylation is 1. The van der Waals surface area contributed by atoms with Gasteiger partial charge in [0.1, 0.15) is 11.5 Å². The van der Waals surface area contributed by atoms with Crippen LogP contribution in [0, 0.1) is 17.3 Å². The SMILES string of the molecule is CC(=O)N(O)c1ccc(Oc2ccc3c(c2)CC[C@@H]2[C@@H]3CC[C@]3(C)C(=O)CC[C@@H]23)nc1. The molecule has 1 aromatic carbocycles. The zero-order chi connectivity index (χ0) is 21.8. The smallest absolute Gasteiger partial charge is 0.247 e. The van der Waals surface area contributed by atoms with Gasteiger partial charge in [-0.1, -0.05) is 13.0 Å². The van der Waals surface area contributed by atoms with E-state index in [1.54, 1.807) is 12.1 Å². The first-order chi connectivity index (χ1) is 14.9. The summed E-state index contributed by atoms with van der Waals surface area (Å²) in [6, 6.07) is 9.53. The lowest BCUT2D eigenvalue weighted by Gasteiger charge is -2.48. The van der Waals surface area contributed by atoms with Crippen LogP contribution >= 0.6 is 0 Å². The summed E-state index contributed by atoms with van der Waals surface area (Å²) < 4.78 is 5.93. The number of aromatic nitrogens is 1. The van der Waals surface area contributed by atoms with E-state index in [0.717, 1.165) is 44.3 Å². The maximum atomic E-state index is 12.5. The molecule has 0 bridgehead atoms. The highest BCUT2D eigenvalue weighted by atomic mass is 16.5. The van der Waals surface area contributed by atoms with Gasteiger partial charge >= 0.3 is 0 Å². The molecule has 0 radical (unpaired) electrons. The number of amides is 1. The van der Waals surface area contributed by atoms with Crippen molar-refractivity contribution in [2.75, 3.05) is 5.06 Å². The van der Waals surface area contributed by atoms with Crippen LogP contribution in [0.15, 0.2) is 36.5 Å². The van der Waals surface area contributed by atoms with Gasteiger partial charge in [0.15, 0.2) is 0 Å². The van der Waals surface area contributed by atoms with Crippen LogP contribution in [0.2, 0.25) is 0 Å². The van der Waals surface area contributed by atoms with E-state index >= 15 is 0 Å². The van der Waals surface area contributed by atoms with Gasteiger partial charge in [-0.15, -0.1) is 0 Å². The van der Waals surface area contributed by atoms with Gasteiger partial charge in [-0.2, -0.15) is 5.06 Å². The molecule has 0 saturated heterocycles. The molecular formula is C25H28N2O4. The second kappa shape index (κ2) is 7.45. The number of anilines is 1. The minimum Gasteiger partial charge on any atom is -0.439 e. The van der Waals surface area contributed by atoms with Gasteiger partial charge in [-0.05, 0) is 79.2 Å². The van der Waals surface area contributed by atoms with Gasteiger partial charge < -0.3 is 4.74 Å². The Hall–Kier alpha value is -2.73. The van der Waals surface area contributed by atoms with Crippen molar-refractivity contribution in [3.63, 3.8) is 0 Å². The van der Waals surface area contributed by atoms with Crippen LogP contribution in [0.4, 0.5) is 5.69 Å². The number of pyridine rings is 1. The van der Waals surface area contributed by atoms with Crippen LogP contribution in [-0.2, 0) is 16.0 Å². The molecule has 2 saturated carbocycles. The highest BCUT2D eigenvalue weighted by Crippen LogP contribution is 2.59. The van der Waals surface area contributed by atoms with E-state index in [4.69, 9.17) is 4.74 Å². The molecule has 3 aliphatic rings. The molecule has 0 spiro atoms. The standard InChI is InChI=1S/C25H28N2O4/c1-15(28)27(30)17-4-10-24(26-14-17)31-18-5-7-19-16(13-18)3-6-21-20(19)11-12-25(2)22(21)8-9-23(25)29/h4-5,7,10,13-14,20-22,30H,3,6,8-9,11-12H2,1-2H3/t20-,21-,22+,25+/m1/s1. The number of benzene rings is 1. The molecule has 2 aromatic rings. The van der Waals surface area contributed by atoms with Crippen molar-refractivity contribution in [1.82, 2.24) is 4.98 Å². The van der Waals surface area contributed by atoms with E-state index < -0.39 is 5.91 Å². The van der Waals surface area contributed by atoms with Crippen LogP contribution in [0.25, 0.3) is 0 Å². The molecular weight excluding hydrogens is 392 g/mol. The maximum Gasteiger partial charge on any atom is 0.247 e. The van der Waals surface area contributed by atoms with E-state index in [0.29, 0.717) is 40.2 Å². The molecule has 4 atom stereocenters. The molecule has 31 heavy (non-hydrogen) atoms. The van der Waals surface area contributed by atoms with E-state index in [1.165, 1.54) is 24.2 Å². The van der Waals surface area contributed by atoms with Crippen molar-refractivity contribution in [1.29, 1.82) is 0 Å². The average molecular weight is 421 g/mol. The Kier molecular flexibility index (Phi) is 4.85. The quantitative estimate of drug-likeness (QED) is 0.556. The maximum absolute atomic E-state index is 12.5. The lowest BCUT2D eigenvalue weighted by atomic mass is 9.55. The summed E-state index contributed by atoms with van der Waals surface area (Å²) in [5, 5.41) is 10.2. The van der Waals surface area contributed by atoms with Crippen molar-refractivity contribution < 1.29 is 19.5 Å². The van der Waals surface area contributed by atoms with Gasteiger partial charge in [0, 0.05) is 24.8 Å². The molecule has 6 heteroatoms. The zero-order valence-electron chi connectivity index (χ0n) is 18.0. The van der Waals surface area contributed by atoms with Crippen molar-refractivity contribution in [3.8, 4) is 11.6 Å². The van der Waals surface area contributed by atoms with Crippen molar-refractivity contribution >= 4 is 17.4 Å². The number of nitrogens with zero attached hydrogens (tertiary/aromatic N) is 2. The topological polar surface area (TPSA) is 79.7 Å². The minimum atomic E-state index is -0.478. The predicted octanol–water partition coefficient (Wildman–Crippen LogP) is 5.04. The third kappa shape index (κ3) is 3.33. The van der Waals surface area contributed by atoms with Gasteiger partial charge in [0.05, 0.1) is 11.9 Å². The molecule has 1 aromatic heterocycles. The first-order valence-corrected chi connectivity index (χ1v) is 11.2. The number of hydrogen-bond acceptors (Lipinski definition) is 5. The van der Waals surface area contributed by atoms with E-state index in [1.807, 2.05) is 6.07 Å². The van der Waals surface area contributed by atoms with Crippen LogP contribution in [-0.4, -0.2) is 21.9 Å². The number of carbonyl (C=O) groups excluding carboxylic acids is 2. The fourth-order valence-electron chi connectivity index (χ4n) is 6.25. The number of ketones is 1. The molecule has 0 aliphatic heterocycles.